The lowest BCUT2D eigenvalue weighted by Crippen LogP contribution is -2.45. The maximum Gasteiger partial charge on any atom is 0.411 e. The molecule has 2 N–H and O–H groups in total. The van der Waals surface area contributed by atoms with Gasteiger partial charge in [-0.1, -0.05) is 6.92 Å². The van der Waals surface area contributed by atoms with Gasteiger partial charge in [0.2, 0.25) is 0 Å². The lowest BCUT2D eigenvalue weighted by atomic mass is 10.3. The molecule has 2 rings (SSSR count). The van der Waals surface area contributed by atoms with Gasteiger partial charge in [-0.3, -0.25) is 9.80 Å². The van der Waals surface area contributed by atoms with Crippen LogP contribution in [0, 0.1) is 0 Å². The van der Waals surface area contributed by atoms with Gasteiger partial charge in [0.05, 0.1) is 12.7 Å². The zero-order chi connectivity index (χ0) is 10.8. The highest BCUT2D eigenvalue weighted by Gasteiger charge is 2.39. The van der Waals surface area contributed by atoms with Crippen molar-refractivity contribution in [2.75, 3.05) is 26.2 Å². The molecule has 2 aliphatic rings. The number of rotatable bonds is 3. The molecule has 2 atom stereocenters. The third-order valence-corrected chi connectivity index (χ3v) is 3.26. The molecule has 0 aromatic carbocycles. The van der Waals surface area contributed by atoms with E-state index in [1.807, 2.05) is 4.90 Å². The summed E-state index contributed by atoms with van der Waals surface area (Å²) >= 11 is 0. The van der Waals surface area contributed by atoms with Crippen molar-refractivity contribution in [3.63, 3.8) is 0 Å². The third kappa shape index (κ3) is 1.94. The predicted octanol–water partition coefficient (Wildman–Crippen LogP) is 0.208. The highest BCUT2D eigenvalue weighted by molar-refractivity contribution is 5.70. The van der Waals surface area contributed by atoms with Gasteiger partial charge in [-0.25, -0.2) is 4.79 Å². The third-order valence-electron chi connectivity index (χ3n) is 3.26. The number of ether oxygens (including phenoxy) is 1. The van der Waals surface area contributed by atoms with Crippen LogP contribution < -0.4 is 5.73 Å². The normalized spacial score (nSPS) is 32.4. The van der Waals surface area contributed by atoms with Crippen LogP contribution in [0.5, 0.6) is 0 Å². The Bertz CT molecular complexity index is 247. The van der Waals surface area contributed by atoms with Crippen LogP contribution in [0.15, 0.2) is 0 Å². The lowest BCUT2D eigenvalue weighted by Gasteiger charge is -2.29. The summed E-state index contributed by atoms with van der Waals surface area (Å²) in [4.78, 5) is 15.8. The van der Waals surface area contributed by atoms with Crippen LogP contribution in [0.4, 0.5) is 4.79 Å². The molecular weight excluding hydrogens is 194 g/mol. The van der Waals surface area contributed by atoms with Crippen molar-refractivity contribution in [2.45, 2.75) is 32.0 Å². The Labute approximate surface area is 90.1 Å². The molecule has 86 valence electrons. The summed E-state index contributed by atoms with van der Waals surface area (Å²) in [5.74, 6) is 0. The standard InChI is InChI=1S/C10H19N3O2/c1-2-12-5-3-4-9(12)13-7-8(6-11)15-10(13)14/h8-9H,2-7,11H2,1H3/t8-,9?/m0/s1. The van der Waals surface area contributed by atoms with Crippen LogP contribution >= 0.6 is 0 Å². The SMILES string of the molecule is CCN1CCCC1N1C[C@H](CN)OC1=O. The highest BCUT2D eigenvalue weighted by Crippen LogP contribution is 2.24. The molecule has 2 fully saturated rings. The van der Waals surface area contributed by atoms with Gasteiger partial charge >= 0.3 is 6.09 Å². The second-order valence-electron chi connectivity index (χ2n) is 4.15. The maximum absolute atomic E-state index is 11.6. The Morgan fingerprint density at radius 2 is 2.40 bits per heavy atom. The lowest BCUT2D eigenvalue weighted by molar-refractivity contribution is 0.0983. The van der Waals surface area contributed by atoms with Crippen LogP contribution in [0.2, 0.25) is 0 Å². The molecule has 1 unspecified atom stereocenters. The van der Waals surface area contributed by atoms with E-state index in [4.69, 9.17) is 10.5 Å². The Morgan fingerprint density at radius 3 is 3.00 bits per heavy atom. The van der Waals surface area contributed by atoms with Crippen molar-refractivity contribution < 1.29 is 9.53 Å². The molecule has 5 nitrogen and oxygen atoms in total. The van der Waals surface area contributed by atoms with Gasteiger partial charge in [-0.15, -0.1) is 0 Å². The van der Waals surface area contributed by atoms with Crippen molar-refractivity contribution in [1.29, 1.82) is 0 Å². The Balaban J connectivity index is 2.01. The topological polar surface area (TPSA) is 58.8 Å². The first-order valence-corrected chi connectivity index (χ1v) is 5.67. The van der Waals surface area contributed by atoms with Crippen LogP contribution in [-0.4, -0.2) is 54.3 Å². The van der Waals surface area contributed by atoms with E-state index in [0.717, 1.165) is 25.9 Å². The van der Waals surface area contributed by atoms with Crippen LogP contribution in [0.1, 0.15) is 19.8 Å². The number of cyclic esters (lactones) is 1. The first-order valence-electron chi connectivity index (χ1n) is 5.67. The second kappa shape index (κ2) is 4.37. The van der Waals surface area contributed by atoms with Gasteiger partial charge in [-0.2, -0.15) is 0 Å². The van der Waals surface area contributed by atoms with E-state index in [1.54, 1.807) is 0 Å². The Hall–Kier alpha value is -0.810. The zero-order valence-electron chi connectivity index (χ0n) is 9.19. The average Bonchev–Trinajstić information content (AvgIpc) is 2.82. The van der Waals surface area contributed by atoms with Gasteiger partial charge < -0.3 is 10.5 Å². The number of hydrogen-bond donors (Lipinski definition) is 1. The zero-order valence-corrected chi connectivity index (χ0v) is 9.19. The number of amides is 1. The summed E-state index contributed by atoms with van der Waals surface area (Å²) in [6, 6.07) is 0. The first kappa shape index (κ1) is 10.7. The molecule has 0 aromatic rings. The van der Waals surface area contributed by atoms with E-state index in [0.29, 0.717) is 13.1 Å². The van der Waals surface area contributed by atoms with E-state index in [-0.39, 0.29) is 18.4 Å². The van der Waals surface area contributed by atoms with E-state index in [2.05, 4.69) is 11.8 Å². The molecule has 2 heterocycles. The second-order valence-corrected chi connectivity index (χ2v) is 4.15. The van der Waals surface area contributed by atoms with Gasteiger partial charge in [0.25, 0.3) is 0 Å². The van der Waals surface area contributed by atoms with Crippen LogP contribution in [0.3, 0.4) is 0 Å². The monoisotopic (exact) mass is 213 g/mol. The van der Waals surface area contributed by atoms with Crippen LogP contribution in [0.25, 0.3) is 0 Å². The van der Waals surface area contributed by atoms with Gasteiger partial charge in [-0.05, 0) is 19.4 Å². The molecule has 15 heavy (non-hydrogen) atoms. The molecule has 5 heteroatoms. The molecule has 0 aliphatic carbocycles. The number of likely N-dealkylation sites (tertiary alicyclic amines) is 1. The molecular formula is C10H19N3O2. The van der Waals surface area contributed by atoms with E-state index < -0.39 is 0 Å². The minimum absolute atomic E-state index is 0.114. The summed E-state index contributed by atoms with van der Waals surface area (Å²) < 4.78 is 5.16. The molecule has 0 aromatic heterocycles. The maximum atomic E-state index is 11.6. The molecule has 2 saturated heterocycles. The smallest absolute Gasteiger partial charge is 0.411 e. The number of carbonyl (C=O) groups is 1. The summed E-state index contributed by atoms with van der Waals surface area (Å²) in [5.41, 5.74) is 5.51. The largest absolute Gasteiger partial charge is 0.443 e. The molecule has 2 aliphatic heterocycles. The first-order chi connectivity index (χ1) is 7.26. The fraction of sp³-hybridized carbons (Fsp3) is 0.900. The molecule has 1 amide bonds. The van der Waals surface area contributed by atoms with Crippen molar-refractivity contribution >= 4 is 6.09 Å². The molecule has 0 saturated carbocycles. The average molecular weight is 213 g/mol. The molecule has 0 bridgehead atoms. The fourth-order valence-electron chi connectivity index (χ4n) is 2.44. The summed E-state index contributed by atoms with van der Waals surface area (Å²) in [7, 11) is 0. The van der Waals surface area contributed by atoms with Crippen molar-refractivity contribution in [3.05, 3.63) is 0 Å². The quantitative estimate of drug-likeness (QED) is 0.728. The Kier molecular flexibility index (Phi) is 3.11. The van der Waals surface area contributed by atoms with Crippen molar-refractivity contribution in [3.8, 4) is 0 Å². The molecule has 0 radical (unpaired) electrons. The van der Waals surface area contributed by atoms with E-state index in [1.165, 1.54) is 0 Å². The van der Waals surface area contributed by atoms with Gasteiger partial charge in [0.1, 0.15) is 6.10 Å². The minimum atomic E-state index is -0.198. The number of nitrogens with zero attached hydrogens (tertiary/aromatic N) is 2. The van der Waals surface area contributed by atoms with E-state index >= 15 is 0 Å². The fourth-order valence-corrected chi connectivity index (χ4v) is 2.44. The van der Waals surface area contributed by atoms with Crippen molar-refractivity contribution in [1.82, 2.24) is 9.80 Å². The number of carbonyl (C=O) groups excluding carboxylic acids is 1. The summed E-state index contributed by atoms with van der Waals surface area (Å²) in [6.45, 7) is 5.26. The number of nitrogens with two attached hydrogens (primary N) is 1. The van der Waals surface area contributed by atoms with Gasteiger partial charge in [0.15, 0.2) is 0 Å². The highest BCUT2D eigenvalue weighted by atomic mass is 16.6. The number of hydrogen-bond acceptors (Lipinski definition) is 4. The summed E-state index contributed by atoms with van der Waals surface area (Å²) in [6.07, 6.45) is 2.14. The summed E-state index contributed by atoms with van der Waals surface area (Å²) in [5, 5.41) is 0. The van der Waals surface area contributed by atoms with Gasteiger partial charge in [0, 0.05) is 13.1 Å². The van der Waals surface area contributed by atoms with E-state index in [9.17, 15) is 4.79 Å². The predicted molar refractivity (Wildman–Crippen MR) is 56.3 cm³/mol. The minimum Gasteiger partial charge on any atom is -0.443 e. The molecule has 0 spiro atoms. The Morgan fingerprint density at radius 1 is 1.60 bits per heavy atom. The van der Waals surface area contributed by atoms with Crippen molar-refractivity contribution in [2.24, 2.45) is 5.73 Å². The van der Waals surface area contributed by atoms with Crippen LogP contribution in [-0.2, 0) is 4.74 Å².